The van der Waals surface area contributed by atoms with Gasteiger partial charge >= 0.3 is 0 Å². The van der Waals surface area contributed by atoms with Crippen molar-refractivity contribution < 1.29 is 9.13 Å². The van der Waals surface area contributed by atoms with Crippen LogP contribution in [0, 0.1) is 5.82 Å². The van der Waals surface area contributed by atoms with Crippen molar-refractivity contribution in [1.82, 2.24) is 25.3 Å². The van der Waals surface area contributed by atoms with Gasteiger partial charge in [-0.3, -0.25) is 0 Å². The Morgan fingerprint density at radius 2 is 2.11 bits per heavy atom. The zero-order chi connectivity index (χ0) is 12.5. The lowest BCUT2D eigenvalue weighted by Gasteiger charge is -2.06. The van der Waals surface area contributed by atoms with Crippen molar-refractivity contribution in [2.75, 3.05) is 5.73 Å². The van der Waals surface area contributed by atoms with E-state index in [9.17, 15) is 4.39 Å². The number of ether oxygens (including phenoxy) is 1. The first kappa shape index (κ1) is 10.4. The fourth-order valence-electron chi connectivity index (χ4n) is 1.41. The van der Waals surface area contributed by atoms with E-state index < -0.39 is 5.82 Å². The van der Waals surface area contributed by atoms with Crippen LogP contribution >= 0.6 is 0 Å². The molecule has 2 N–H and O–H groups in total. The topological polar surface area (TPSA) is 91.2 Å². The van der Waals surface area contributed by atoms with E-state index in [1.807, 2.05) is 0 Å². The van der Waals surface area contributed by atoms with E-state index in [1.54, 1.807) is 12.1 Å². The molecular weight excluding hydrogens is 239 g/mol. The van der Waals surface area contributed by atoms with Crippen molar-refractivity contribution in [2.45, 2.75) is 0 Å². The van der Waals surface area contributed by atoms with E-state index in [1.165, 1.54) is 22.8 Å². The van der Waals surface area contributed by atoms with Gasteiger partial charge < -0.3 is 10.5 Å². The van der Waals surface area contributed by atoms with Gasteiger partial charge in [-0.05, 0) is 28.6 Å². The Morgan fingerprint density at radius 3 is 2.94 bits per heavy atom. The summed E-state index contributed by atoms with van der Waals surface area (Å²) in [6.45, 7) is 0. The predicted octanol–water partition coefficient (Wildman–Crippen LogP) is 1.03. The minimum absolute atomic E-state index is 0.189. The molecule has 18 heavy (non-hydrogen) atoms. The molecule has 7 nitrogen and oxygen atoms in total. The smallest absolute Gasteiger partial charge is 0.239 e. The average Bonchev–Trinajstić information content (AvgIpc) is 2.80. The van der Waals surface area contributed by atoms with Gasteiger partial charge in [-0.15, -0.1) is 14.8 Å². The van der Waals surface area contributed by atoms with E-state index >= 15 is 0 Å². The van der Waals surface area contributed by atoms with Crippen LogP contribution in [0.1, 0.15) is 0 Å². The summed E-state index contributed by atoms with van der Waals surface area (Å²) in [7, 11) is 0. The molecule has 1 aromatic carbocycles. The van der Waals surface area contributed by atoms with Gasteiger partial charge in [0.05, 0.1) is 5.69 Å². The number of nitrogens with two attached hydrogens (primary N) is 1. The molecule has 8 heteroatoms. The highest BCUT2D eigenvalue weighted by Gasteiger charge is 2.06. The number of nitrogen functional groups attached to an aromatic ring is 1. The van der Waals surface area contributed by atoms with Gasteiger partial charge in [-0.1, -0.05) is 0 Å². The zero-order valence-electron chi connectivity index (χ0n) is 8.99. The second-order valence-corrected chi connectivity index (χ2v) is 3.48. The molecule has 0 fully saturated rings. The van der Waals surface area contributed by atoms with Crippen LogP contribution in [-0.4, -0.2) is 25.3 Å². The Balaban J connectivity index is 1.95. The van der Waals surface area contributed by atoms with Crippen molar-refractivity contribution >= 4 is 11.3 Å². The molecule has 0 radical (unpaired) electrons. The summed E-state index contributed by atoms with van der Waals surface area (Å²) in [5.74, 6) is 0.146. The number of nitrogens with zero attached hydrogens (tertiary/aromatic N) is 5. The van der Waals surface area contributed by atoms with Crippen molar-refractivity contribution in [1.29, 1.82) is 0 Å². The lowest BCUT2D eigenvalue weighted by molar-refractivity contribution is 0.448. The Hall–Kier alpha value is -2.77. The maximum Gasteiger partial charge on any atom is 0.239 e. The normalized spacial score (nSPS) is 10.7. The van der Waals surface area contributed by atoms with E-state index in [0.717, 1.165) is 0 Å². The first-order valence-electron chi connectivity index (χ1n) is 5.01. The van der Waals surface area contributed by atoms with E-state index in [-0.39, 0.29) is 11.6 Å². The zero-order valence-corrected chi connectivity index (χ0v) is 8.99. The third-order valence-electron chi connectivity index (χ3n) is 2.23. The lowest BCUT2D eigenvalue weighted by Crippen LogP contribution is -1.99. The molecule has 0 saturated carbocycles. The standard InChI is InChI=1S/C10H7FN6O/c11-6-1-2-8(7(12)5-6)18-10-4-3-9-13-15-16-17(9)14-10/h1-5H,12H2. The summed E-state index contributed by atoms with van der Waals surface area (Å²) in [6.07, 6.45) is 0. The molecule has 3 rings (SSSR count). The van der Waals surface area contributed by atoms with Crippen LogP contribution in [-0.2, 0) is 0 Å². The second kappa shape index (κ2) is 3.91. The molecule has 90 valence electrons. The second-order valence-electron chi connectivity index (χ2n) is 3.48. The number of hydrogen-bond donors (Lipinski definition) is 1. The number of anilines is 1. The molecule has 0 aliphatic carbocycles. The summed E-state index contributed by atoms with van der Waals surface area (Å²) in [6, 6.07) is 7.08. The minimum atomic E-state index is -0.427. The van der Waals surface area contributed by atoms with Gasteiger partial charge in [-0.2, -0.15) is 0 Å². The first-order chi connectivity index (χ1) is 8.72. The number of fused-ring (bicyclic) bond motifs is 1. The Bertz CT molecular complexity index is 712. The third-order valence-corrected chi connectivity index (χ3v) is 2.23. The van der Waals surface area contributed by atoms with Crippen LogP contribution < -0.4 is 10.5 Å². The van der Waals surface area contributed by atoms with Crippen LogP contribution in [0.15, 0.2) is 30.3 Å². The Labute approximate surface area is 100.0 Å². The van der Waals surface area contributed by atoms with Gasteiger partial charge in [0.15, 0.2) is 11.4 Å². The number of tetrazole rings is 1. The summed E-state index contributed by atoms with van der Waals surface area (Å²) < 4.78 is 19.5. The number of rotatable bonds is 2. The molecule has 0 aliphatic rings. The van der Waals surface area contributed by atoms with Crippen LogP contribution in [0.3, 0.4) is 0 Å². The van der Waals surface area contributed by atoms with Crippen molar-refractivity contribution in [3.8, 4) is 11.6 Å². The third kappa shape index (κ3) is 1.79. The number of hydrogen-bond acceptors (Lipinski definition) is 6. The molecule has 0 unspecified atom stereocenters. The predicted molar refractivity (Wildman–Crippen MR) is 59.5 cm³/mol. The van der Waals surface area contributed by atoms with Crippen molar-refractivity contribution in [2.24, 2.45) is 0 Å². The highest BCUT2D eigenvalue weighted by molar-refractivity contribution is 5.53. The summed E-state index contributed by atoms with van der Waals surface area (Å²) in [4.78, 5) is 0. The van der Waals surface area contributed by atoms with Crippen LogP contribution in [0.4, 0.5) is 10.1 Å². The van der Waals surface area contributed by atoms with E-state index in [0.29, 0.717) is 11.4 Å². The number of halogens is 1. The molecule has 0 bridgehead atoms. The summed E-state index contributed by atoms with van der Waals surface area (Å²) in [5, 5.41) is 14.8. The van der Waals surface area contributed by atoms with Gasteiger partial charge in [0.1, 0.15) is 5.82 Å². The quantitative estimate of drug-likeness (QED) is 0.679. The molecule has 2 heterocycles. The average molecular weight is 246 g/mol. The summed E-state index contributed by atoms with van der Waals surface area (Å²) >= 11 is 0. The van der Waals surface area contributed by atoms with Crippen molar-refractivity contribution in [3.05, 3.63) is 36.1 Å². The Kier molecular flexibility index (Phi) is 2.26. The molecular formula is C10H7FN6O. The molecule has 0 saturated heterocycles. The maximum absolute atomic E-state index is 12.9. The lowest BCUT2D eigenvalue weighted by atomic mass is 10.3. The highest BCUT2D eigenvalue weighted by atomic mass is 19.1. The maximum atomic E-state index is 12.9. The van der Waals surface area contributed by atoms with Gasteiger partial charge in [0.25, 0.3) is 0 Å². The van der Waals surface area contributed by atoms with Gasteiger partial charge in [-0.25, -0.2) is 4.39 Å². The largest absolute Gasteiger partial charge is 0.435 e. The number of aromatic nitrogens is 5. The van der Waals surface area contributed by atoms with Gasteiger partial charge in [0.2, 0.25) is 5.88 Å². The SMILES string of the molecule is Nc1cc(F)ccc1Oc1ccc2nnnn2n1. The van der Waals surface area contributed by atoms with E-state index in [2.05, 4.69) is 20.6 Å². The van der Waals surface area contributed by atoms with E-state index in [4.69, 9.17) is 10.5 Å². The van der Waals surface area contributed by atoms with Crippen LogP contribution in [0.25, 0.3) is 5.65 Å². The fraction of sp³-hybridized carbons (Fsp3) is 0. The monoisotopic (exact) mass is 246 g/mol. The molecule has 2 aromatic heterocycles. The molecule has 0 spiro atoms. The first-order valence-corrected chi connectivity index (χ1v) is 5.01. The number of benzene rings is 1. The fourth-order valence-corrected chi connectivity index (χ4v) is 1.41. The molecule has 3 aromatic rings. The summed E-state index contributed by atoms with van der Waals surface area (Å²) in [5.41, 5.74) is 6.31. The Morgan fingerprint density at radius 1 is 1.22 bits per heavy atom. The highest BCUT2D eigenvalue weighted by Crippen LogP contribution is 2.26. The van der Waals surface area contributed by atoms with Crippen LogP contribution in [0.5, 0.6) is 11.6 Å². The van der Waals surface area contributed by atoms with Crippen LogP contribution in [0.2, 0.25) is 0 Å². The molecule has 0 atom stereocenters. The van der Waals surface area contributed by atoms with Gasteiger partial charge in [0, 0.05) is 12.1 Å². The molecule has 0 aliphatic heterocycles. The van der Waals surface area contributed by atoms with Crippen molar-refractivity contribution in [3.63, 3.8) is 0 Å². The minimum Gasteiger partial charge on any atom is -0.435 e. The molecule has 0 amide bonds.